The lowest BCUT2D eigenvalue weighted by molar-refractivity contribution is 0.724. The molecular formula is C23H25NS. The number of rotatable bonds is 6. The molecule has 3 aromatic rings. The minimum Gasteiger partial charge on any atom is -0.365 e. The van der Waals surface area contributed by atoms with Crippen LogP contribution in [-0.4, -0.2) is 12.6 Å². The largest absolute Gasteiger partial charge is 0.365 e. The molecule has 0 bridgehead atoms. The lowest BCUT2D eigenvalue weighted by Crippen LogP contribution is -2.30. The van der Waals surface area contributed by atoms with E-state index >= 15 is 0 Å². The summed E-state index contributed by atoms with van der Waals surface area (Å²) in [6, 6.07) is 19.7. The summed E-state index contributed by atoms with van der Waals surface area (Å²) in [4.78, 5) is 3.75. The highest BCUT2D eigenvalue weighted by molar-refractivity contribution is 7.20. The zero-order chi connectivity index (χ0) is 17.6. The van der Waals surface area contributed by atoms with Crippen LogP contribution in [0.2, 0.25) is 0 Å². The van der Waals surface area contributed by atoms with E-state index in [1.54, 1.807) is 0 Å². The van der Waals surface area contributed by atoms with Crippen molar-refractivity contribution in [2.24, 2.45) is 0 Å². The van der Waals surface area contributed by atoms with Gasteiger partial charge in [0.15, 0.2) is 0 Å². The molecule has 2 aromatic carbocycles. The number of nitrogens with zero attached hydrogens (tertiary/aromatic N) is 1. The van der Waals surface area contributed by atoms with E-state index in [-0.39, 0.29) is 0 Å². The SMILES string of the molecule is C/C=C\c1c(/C=C\CN(c2ccccc2)C(C)C)sc2ccccc12. The summed E-state index contributed by atoms with van der Waals surface area (Å²) in [6.45, 7) is 7.47. The molecule has 0 atom stereocenters. The summed E-state index contributed by atoms with van der Waals surface area (Å²) in [7, 11) is 0. The molecule has 0 aliphatic rings. The Bertz CT molecular complexity index is 872. The van der Waals surface area contributed by atoms with Crippen LogP contribution in [0.15, 0.2) is 66.7 Å². The number of benzene rings is 2. The first kappa shape index (κ1) is 17.5. The molecule has 0 amide bonds. The van der Waals surface area contributed by atoms with Gasteiger partial charge in [-0.15, -0.1) is 11.3 Å². The van der Waals surface area contributed by atoms with E-state index < -0.39 is 0 Å². The van der Waals surface area contributed by atoms with Gasteiger partial charge in [0.2, 0.25) is 0 Å². The van der Waals surface area contributed by atoms with E-state index in [4.69, 9.17) is 0 Å². The summed E-state index contributed by atoms with van der Waals surface area (Å²) >= 11 is 1.86. The van der Waals surface area contributed by atoms with Crippen LogP contribution in [0.1, 0.15) is 31.2 Å². The van der Waals surface area contributed by atoms with Crippen molar-refractivity contribution in [3.05, 3.63) is 77.2 Å². The molecule has 0 N–H and O–H groups in total. The van der Waals surface area contributed by atoms with Crippen LogP contribution in [0.4, 0.5) is 5.69 Å². The molecule has 1 nitrogen and oxygen atoms in total. The molecule has 1 heterocycles. The number of para-hydroxylation sites is 1. The zero-order valence-electron chi connectivity index (χ0n) is 15.1. The predicted octanol–water partition coefficient (Wildman–Crippen LogP) is 6.86. The summed E-state index contributed by atoms with van der Waals surface area (Å²) in [5.41, 5.74) is 2.60. The van der Waals surface area contributed by atoms with Gasteiger partial charge in [-0.2, -0.15) is 0 Å². The lowest BCUT2D eigenvalue weighted by Gasteiger charge is -2.27. The normalized spacial score (nSPS) is 12.0. The zero-order valence-corrected chi connectivity index (χ0v) is 16.0. The van der Waals surface area contributed by atoms with Crippen LogP contribution in [0, 0.1) is 0 Å². The first-order chi connectivity index (χ1) is 12.2. The second-order valence-electron chi connectivity index (χ2n) is 6.36. The first-order valence-electron chi connectivity index (χ1n) is 8.83. The molecule has 0 unspecified atom stereocenters. The molecule has 0 aliphatic carbocycles. The van der Waals surface area contributed by atoms with Crippen molar-refractivity contribution in [1.82, 2.24) is 0 Å². The van der Waals surface area contributed by atoms with Crippen LogP contribution >= 0.6 is 11.3 Å². The molecule has 0 spiro atoms. The lowest BCUT2D eigenvalue weighted by atomic mass is 10.1. The Labute approximate surface area is 154 Å². The second kappa shape index (κ2) is 8.17. The van der Waals surface area contributed by atoms with Crippen LogP contribution in [0.3, 0.4) is 0 Å². The van der Waals surface area contributed by atoms with Crippen molar-refractivity contribution >= 4 is 39.3 Å². The fourth-order valence-electron chi connectivity index (χ4n) is 3.05. The van der Waals surface area contributed by atoms with Crippen LogP contribution < -0.4 is 4.90 Å². The van der Waals surface area contributed by atoms with Crippen molar-refractivity contribution in [2.75, 3.05) is 11.4 Å². The number of anilines is 1. The van der Waals surface area contributed by atoms with E-state index in [0.717, 1.165) is 6.54 Å². The number of allylic oxidation sites excluding steroid dienone is 1. The topological polar surface area (TPSA) is 3.24 Å². The fourth-order valence-corrected chi connectivity index (χ4v) is 4.18. The van der Waals surface area contributed by atoms with Gasteiger partial charge in [0, 0.05) is 33.2 Å². The van der Waals surface area contributed by atoms with Crippen molar-refractivity contribution < 1.29 is 0 Å². The van der Waals surface area contributed by atoms with E-state index in [9.17, 15) is 0 Å². The third-order valence-electron chi connectivity index (χ3n) is 4.28. The summed E-state index contributed by atoms with van der Waals surface area (Å²) in [5.74, 6) is 0. The first-order valence-corrected chi connectivity index (χ1v) is 9.65. The molecule has 25 heavy (non-hydrogen) atoms. The third kappa shape index (κ3) is 4.02. The quantitative estimate of drug-likeness (QED) is 0.470. The van der Waals surface area contributed by atoms with Gasteiger partial charge in [0.1, 0.15) is 0 Å². The Kier molecular flexibility index (Phi) is 5.72. The molecule has 0 radical (unpaired) electrons. The van der Waals surface area contributed by atoms with Crippen LogP contribution in [-0.2, 0) is 0 Å². The van der Waals surface area contributed by atoms with Gasteiger partial charge in [-0.3, -0.25) is 0 Å². The van der Waals surface area contributed by atoms with Crippen molar-refractivity contribution in [3.63, 3.8) is 0 Å². The number of hydrogen-bond acceptors (Lipinski definition) is 2. The Hall–Kier alpha value is -2.32. The highest BCUT2D eigenvalue weighted by Gasteiger charge is 2.09. The Morgan fingerprint density at radius 2 is 1.68 bits per heavy atom. The second-order valence-corrected chi connectivity index (χ2v) is 7.44. The Balaban J connectivity index is 1.86. The summed E-state index contributed by atoms with van der Waals surface area (Å²) < 4.78 is 1.35. The summed E-state index contributed by atoms with van der Waals surface area (Å²) in [6.07, 6.45) is 8.90. The highest BCUT2D eigenvalue weighted by atomic mass is 32.1. The van der Waals surface area contributed by atoms with Gasteiger partial charge in [-0.25, -0.2) is 0 Å². The number of thiophene rings is 1. The van der Waals surface area contributed by atoms with Crippen LogP contribution in [0.25, 0.3) is 22.2 Å². The molecule has 0 aliphatic heterocycles. The van der Waals surface area contributed by atoms with Gasteiger partial charge in [0.05, 0.1) is 0 Å². The standard InChI is InChI=1S/C23H25NS/c1-4-11-20-21-14-8-9-15-22(21)25-23(20)16-10-17-24(18(2)3)19-12-6-5-7-13-19/h4-16,18H,17H2,1-3H3/b11-4-,16-10-. The molecule has 1 aromatic heterocycles. The average molecular weight is 348 g/mol. The third-order valence-corrected chi connectivity index (χ3v) is 5.43. The molecule has 0 fully saturated rings. The average Bonchev–Trinajstić information content (AvgIpc) is 2.97. The van der Waals surface area contributed by atoms with E-state index in [2.05, 4.69) is 105 Å². The minimum absolute atomic E-state index is 0.462. The molecule has 2 heteroatoms. The van der Waals surface area contributed by atoms with Gasteiger partial charge >= 0.3 is 0 Å². The van der Waals surface area contributed by atoms with Crippen molar-refractivity contribution in [2.45, 2.75) is 26.8 Å². The smallest absolute Gasteiger partial charge is 0.0371 e. The molecular weight excluding hydrogens is 322 g/mol. The van der Waals surface area contributed by atoms with Crippen LogP contribution in [0.5, 0.6) is 0 Å². The van der Waals surface area contributed by atoms with E-state index in [1.165, 1.54) is 26.2 Å². The molecule has 0 saturated heterocycles. The van der Waals surface area contributed by atoms with E-state index in [1.807, 2.05) is 11.3 Å². The maximum atomic E-state index is 2.42. The Morgan fingerprint density at radius 3 is 2.40 bits per heavy atom. The number of fused-ring (bicyclic) bond motifs is 1. The minimum atomic E-state index is 0.462. The van der Waals surface area contributed by atoms with Crippen molar-refractivity contribution in [1.29, 1.82) is 0 Å². The molecule has 3 rings (SSSR count). The van der Waals surface area contributed by atoms with Gasteiger partial charge in [0.25, 0.3) is 0 Å². The Morgan fingerprint density at radius 1 is 0.960 bits per heavy atom. The van der Waals surface area contributed by atoms with Gasteiger partial charge in [-0.05, 0) is 50.6 Å². The fraction of sp³-hybridized carbons (Fsp3) is 0.217. The summed E-state index contributed by atoms with van der Waals surface area (Å²) in [5, 5.41) is 1.34. The maximum Gasteiger partial charge on any atom is 0.0371 e. The maximum absolute atomic E-state index is 2.42. The van der Waals surface area contributed by atoms with Gasteiger partial charge < -0.3 is 4.90 Å². The van der Waals surface area contributed by atoms with Crippen molar-refractivity contribution in [3.8, 4) is 0 Å². The van der Waals surface area contributed by atoms with E-state index in [0.29, 0.717) is 6.04 Å². The predicted molar refractivity (Wildman–Crippen MR) is 114 cm³/mol. The van der Waals surface area contributed by atoms with Gasteiger partial charge in [-0.1, -0.05) is 54.6 Å². The highest BCUT2D eigenvalue weighted by Crippen LogP contribution is 2.33. The molecule has 128 valence electrons. The monoisotopic (exact) mass is 347 g/mol. The number of hydrogen-bond donors (Lipinski definition) is 0. The molecule has 0 saturated carbocycles.